The Morgan fingerprint density at radius 1 is 1.00 bits per heavy atom. The predicted molar refractivity (Wildman–Crippen MR) is 81.8 cm³/mol. The Labute approximate surface area is 117 Å². The Balaban J connectivity index is 2.05. The molecule has 1 atom stereocenters. The van der Waals surface area contributed by atoms with Crippen LogP contribution in [0.2, 0.25) is 0 Å². The molecule has 0 spiro atoms. The fraction of sp³-hybridized carbons (Fsp3) is 0.176. The van der Waals surface area contributed by atoms with Crippen molar-refractivity contribution in [1.29, 1.82) is 0 Å². The molecule has 0 saturated carbocycles. The van der Waals surface area contributed by atoms with E-state index in [0.717, 1.165) is 16.0 Å². The highest BCUT2D eigenvalue weighted by Gasteiger charge is 2.15. The lowest BCUT2D eigenvalue weighted by Gasteiger charge is -2.12. The van der Waals surface area contributed by atoms with Gasteiger partial charge in [-0.1, -0.05) is 42.0 Å². The summed E-state index contributed by atoms with van der Waals surface area (Å²) < 4.78 is 1.22. The SMILES string of the molecule is Cc1ccc(C(O)c2cc3ccccc3s2)c(C)c1. The summed E-state index contributed by atoms with van der Waals surface area (Å²) in [5.41, 5.74) is 3.37. The van der Waals surface area contributed by atoms with Gasteiger partial charge in [0.1, 0.15) is 6.10 Å². The van der Waals surface area contributed by atoms with Crippen LogP contribution >= 0.6 is 11.3 Å². The highest BCUT2D eigenvalue weighted by Crippen LogP contribution is 2.34. The molecular formula is C17H16OS. The fourth-order valence-electron chi connectivity index (χ4n) is 2.42. The van der Waals surface area contributed by atoms with Crippen LogP contribution in [0.4, 0.5) is 0 Å². The van der Waals surface area contributed by atoms with Gasteiger partial charge in [-0.2, -0.15) is 0 Å². The van der Waals surface area contributed by atoms with Crippen LogP contribution in [0.5, 0.6) is 0 Å². The summed E-state index contributed by atoms with van der Waals surface area (Å²) in [6, 6.07) is 16.5. The van der Waals surface area contributed by atoms with Crippen molar-refractivity contribution in [3.05, 3.63) is 70.1 Å². The number of benzene rings is 2. The van der Waals surface area contributed by atoms with E-state index in [2.05, 4.69) is 44.2 Å². The minimum Gasteiger partial charge on any atom is -0.383 e. The van der Waals surface area contributed by atoms with Gasteiger partial charge >= 0.3 is 0 Å². The minimum absolute atomic E-state index is 0.530. The van der Waals surface area contributed by atoms with Gasteiger partial charge in [0.15, 0.2) is 0 Å². The average molecular weight is 268 g/mol. The second-order valence-electron chi connectivity index (χ2n) is 4.95. The van der Waals surface area contributed by atoms with Crippen LogP contribution in [0.25, 0.3) is 10.1 Å². The van der Waals surface area contributed by atoms with Gasteiger partial charge in [0.25, 0.3) is 0 Å². The van der Waals surface area contributed by atoms with Crippen LogP contribution in [0.15, 0.2) is 48.5 Å². The summed E-state index contributed by atoms with van der Waals surface area (Å²) in [6.07, 6.45) is -0.530. The van der Waals surface area contributed by atoms with Gasteiger partial charge in [0.05, 0.1) is 0 Å². The van der Waals surface area contributed by atoms with Crippen molar-refractivity contribution >= 4 is 21.4 Å². The molecule has 0 aliphatic rings. The average Bonchev–Trinajstić information content (AvgIpc) is 2.81. The Bertz CT molecular complexity index is 694. The third kappa shape index (κ3) is 2.29. The van der Waals surface area contributed by atoms with E-state index in [1.807, 2.05) is 18.2 Å². The van der Waals surface area contributed by atoms with Gasteiger partial charge in [-0.15, -0.1) is 11.3 Å². The number of hydrogen-bond donors (Lipinski definition) is 1. The summed E-state index contributed by atoms with van der Waals surface area (Å²) in [5.74, 6) is 0. The zero-order chi connectivity index (χ0) is 13.4. The maximum Gasteiger partial charge on any atom is 0.113 e. The van der Waals surface area contributed by atoms with E-state index >= 15 is 0 Å². The van der Waals surface area contributed by atoms with E-state index < -0.39 is 6.10 Å². The highest BCUT2D eigenvalue weighted by molar-refractivity contribution is 7.19. The lowest BCUT2D eigenvalue weighted by atomic mass is 10.00. The first-order valence-electron chi connectivity index (χ1n) is 6.39. The number of rotatable bonds is 2. The molecule has 1 heterocycles. The van der Waals surface area contributed by atoms with E-state index in [9.17, 15) is 5.11 Å². The molecule has 1 N–H and O–H groups in total. The third-order valence-corrected chi connectivity index (χ3v) is 4.60. The van der Waals surface area contributed by atoms with E-state index in [1.54, 1.807) is 11.3 Å². The molecule has 1 aromatic heterocycles. The van der Waals surface area contributed by atoms with Crippen LogP contribution < -0.4 is 0 Å². The molecule has 1 unspecified atom stereocenters. The first kappa shape index (κ1) is 12.4. The Morgan fingerprint density at radius 2 is 1.79 bits per heavy atom. The lowest BCUT2D eigenvalue weighted by molar-refractivity contribution is 0.223. The van der Waals surface area contributed by atoms with Crippen LogP contribution in [-0.2, 0) is 0 Å². The van der Waals surface area contributed by atoms with Gasteiger partial charge in [0, 0.05) is 9.58 Å². The van der Waals surface area contributed by atoms with Gasteiger partial charge in [0.2, 0.25) is 0 Å². The fourth-order valence-corrected chi connectivity index (χ4v) is 3.49. The smallest absolute Gasteiger partial charge is 0.113 e. The number of aliphatic hydroxyl groups is 1. The van der Waals surface area contributed by atoms with Crippen molar-refractivity contribution in [1.82, 2.24) is 0 Å². The number of fused-ring (bicyclic) bond motifs is 1. The molecule has 2 heteroatoms. The summed E-state index contributed by atoms with van der Waals surface area (Å²) >= 11 is 1.66. The molecule has 0 saturated heterocycles. The van der Waals surface area contributed by atoms with Crippen molar-refractivity contribution in [2.75, 3.05) is 0 Å². The van der Waals surface area contributed by atoms with Crippen LogP contribution in [-0.4, -0.2) is 5.11 Å². The van der Waals surface area contributed by atoms with Gasteiger partial charge in [-0.05, 0) is 42.5 Å². The maximum absolute atomic E-state index is 10.6. The molecule has 3 aromatic rings. The molecule has 2 aromatic carbocycles. The monoisotopic (exact) mass is 268 g/mol. The number of hydrogen-bond acceptors (Lipinski definition) is 2. The minimum atomic E-state index is -0.530. The van der Waals surface area contributed by atoms with E-state index in [-0.39, 0.29) is 0 Å². The molecule has 0 radical (unpaired) electrons. The molecule has 3 rings (SSSR count). The summed E-state index contributed by atoms with van der Waals surface area (Å²) in [7, 11) is 0. The zero-order valence-corrected chi connectivity index (χ0v) is 11.9. The van der Waals surface area contributed by atoms with Crippen molar-refractivity contribution in [3.63, 3.8) is 0 Å². The van der Waals surface area contributed by atoms with Crippen LogP contribution in [0.1, 0.15) is 27.7 Å². The second-order valence-corrected chi connectivity index (χ2v) is 6.06. The molecular weight excluding hydrogens is 252 g/mol. The van der Waals surface area contributed by atoms with Crippen molar-refractivity contribution in [3.8, 4) is 0 Å². The summed E-state index contributed by atoms with van der Waals surface area (Å²) in [5, 5.41) is 11.8. The molecule has 0 aliphatic heterocycles. The summed E-state index contributed by atoms with van der Waals surface area (Å²) in [6.45, 7) is 4.13. The standard InChI is InChI=1S/C17H16OS/c1-11-7-8-14(12(2)9-11)17(18)16-10-13-5-3-4-6-15(13)19-16/h3-10,17-18H,1-2H3. The first-order chi connectivity index (χ1) is 9.15. The first-order valence-corrected chi connectivity index (χ1v) is 7.20. The van der Waals surface area contributed by atoms with Crippen LogP contribution in [0.3, 0.4) is 0 Å². The largest absolute Gasteiger partial charge is 0.383 e. The Hall–Kier alpha value is -1.64. The lowest BCUT2D eigenvalue weighted by Crippen LogP contribution is -1.99. The number of thiophene rings is 1. The molecule has 0 fully saturated rings. The van der Waals surface area contributed by atoms with Crippen molar-refractivity contribution in [2.45, 2.75) is 20.0 Å². The quantitative estimate of drug-likeness (QED) is 0.720. The molecule has 1 nitrogen and oxygen atoms in total. The van der Waals surface area contributed by atoms with Crippen molar-refractivity contribution in [2.24, 2.45) is 0 Å². The normalized spacial score (nSPS) is 12.8. The molecule has 0 bridgehead atoms. The second kappa shape index (κ2) is 4.80. The van der Waals surface area contributed by atoms with Crippen LogP contribution in [0, 0.1) is 13.8 Å². The predicted octanol–water partition coefficient (Wildman–Crippen LogP) is 4.60. The maximum atomic E-state index is 10.6. The zero-order valence-electron chi connectivity index (χ0n) is 11.1. The summed E-state index contributed by atoms with van der Waals surface area (Å²) in [4.78, 5) is 1.01. The van der Waals surface area contributed by atoms with Gasteiger partial charge < -0.3 is 5.11 Å². The van der Waals surface area contributed by atoms with E-state index in [0.29, 0.717) is 0 Å². The molecule has 96 valence electrons. The van der Waals surface area contributed by atoms with E-state index in [4.69, 9.17) is 0 Å². The van der Waals surface area contributed by atoms with E-state index in [1.165, 1.54) is 15.6 Å². The van der Waals surface area contributed by atoms with Crippen molar-refractivity contribution < 1.29 is 5.11 Å². The number of aliphatic hydroxyl groups excluding tert-OH is 1. The topological polar surface area (TPSA) is 20.2 Å². The third-order valence-electron chi connectivity index (χ3n) is 3.43. The Morgan fingerprint density at radius 3 is 2.53 bits per heavy atom. The molecule has 0 amide bonds. The Kier molecular flexibility index (Phi) is 3.13. The van der Waals surface area contributed by atoms with Gasteiger partial charge in [-0.3, -0.25) is 0 Å². The number of aryl methyl sites for hydroxylation is 2. The van der Waals surface area contributed by atoms with Gasteiger partial charge in [-0.25, -0.2) is 0 Å². The molecule has 19 heavy (non-hydrogen) atoms. The highest BCUT2D eigenvalue weighted by atomic mass is 32.1. The molecule has 0 aliphatic carbocycles.